The first kappa shape index (κ1) is 10.7. The van der Waals surface area contributed by atoms with Gasteiger partial charge in [-0.15, -0.1) is 0 Å². The fraction of sp³-hybridized carbons (Fsp3) is 0.250. The molecule has 0 aliphatic heterocycles. The number of nitrogens with two attached hydrogens (primary N) is 1. The summed E-state index contributed by atoms with van der Waals surface area (Å²) >= 11 is 0. The van der Waals surface area contributed by atoms with Crippen LogP contribution in [-0.4, -0.2) is 16.9 Å². The number of ether oxygens (including phenoxy) is 1. The van der Waals surface area contributed by atoms with Gasteiger partial charge in [-0.05, 0) is 19.1 Å². The lowest BCUT2D eigenvalue weighted by atomic mass is 10.2. The summed E-state index contributed by atoms with van der Waals surface area (Å²) in [5, 5.41) is 4.27. The highest BCUT2D eigenvalue weighted by Gasteiger charge is 2.07. The topological polar surface area (TPSA) is 53.1 Å². The summed E-state index contributed by atoms with van der Waals surface area (Å²) in [5.74, 6) is 0.793. The highest BCUT2D eigenvalue weighted by atomic mass is 16.5. The smallest absolute Gasteiger partial charge is 0.144 e. The number of methoxy groups -OCH3 is 1. The fourth-order valence-corrected chi connectivity index (χ4v) is 1.52. The predicted octanol–water partition coefficient (Wildman–Crippen LogP) is 1.90. The lowest BCUT2D eigenvalue weighted by molar-refractivity contribution is 0.411. The summed E-state index contributed by atoms with van der Waals surface area (Å²) in [7, 11) is 1.65. The summed E-state index contributed by atoms with van der Waals surface area (Å²) < 4.78 is 7.05. The van der Waals surface area contributed by atoms with Crippen LogP contribution in [0.15, 0.2) is 36.7 Å². The first-order valence-corrected chi connectivity index (χ1v) is 5.16. The molecule has 0 spiro atoms. The van der Waals surface area contributed by atoms with E-state index in [1.54, 1.807) is 18.0 Å². The van der Waals surface area contributed by atoms with Gasteiger partial charge in [0.2, 0.25) is 0 Å². The second-order valence-electron chi connectivity index (χ2n) is 3.68. The van der Waals surface area contributed by atoms with E-state index in [0.717, 1.165) is 17.0 Å². The number of benzene rings is 1. The summed E-state index contributed by atoms with van der Waals surface area (Å²) in [4.78, 5) is 0. The van der Waals surface area contributed by atoms with E-state index in [9.17, 15) is 0 Å². The molecule has 0 saturated carbocycles. The van der Waals surface area contributed by atoms with Gasteiger partial charge in [0.05, 0.1) is 13.3 Å². The van der Waals surface area contributed by atoms with Crippen LogP contribution < -0.4 is 10.5 Å². The van der Waals surface area contributed by atoms with Crippen LogP contribution in [-0.2, 0) is 0 Å². The minimum Gasteiger partial charge on any atom is -0.494 e. The minimum atomic E-state index is -0.0107. The molecule has 2 rings (SSSR count). The van der Waals surface area contributed by atoms with E-state index in [0.29, 0.717) is 0 Å². The average Bonchev–Trinajstić information content (AvgIpc) is 2.78. The standard InChI is InChI=1S/C12H15N3O/c1-9(13)10-7-14-15(8-10)11-5-3-4-6-12(11)16-2/h3-9H,13H2,1-2H3/t9-/m0/s1. The second-order valence-corrected chi connectivity index (χ2v) is 3.68. The molecule has 4 heteroatoms. The molecule has 1 aromatic heterocycles. The fourth-order valence-electron chi connectivity index (χ4n) is 1.52. The Morgan fingerprint density at radius 1 is 1.38 bits per heavy atom. The molecule has 16 heavy (non-hydrogen) atoms. The van der Waals surface area contributed by atoms with Crippen molar-refractivity contribution >= 4 is 0 Å². The van der Waals surface area contributed by atoms with Crippen molar-refractivity contribution in [3.05, 3.63) is 42.2 Å². The van der Waals surface area contributed by atoms with Crippen LogP contribution >= 0.6 is 0 Å². The van der Waals surface area contributed by atoms with Gasteiger partial charge in [-0.2, -0.15) is 5.10 Å². The number of hydrogen-bond acceptors (Lipinski definition) is 3. The molecule has 0 amide bonds. The van der Waals surface area contributed by atoms with Crippen LogP contribution in [0.4, 0.5) is 0 Å². The maximum Gasteiger partial charge on any atom is 0.144 e. The van der Waals surface area contributed by atoms with Crippen molar-refractivity contribution in [3.8, 4) is 11.4 Å². The molecule has 0 saturated heterocycles. The van der Waals surface area contributed by atoms with Crippen molar-refractivity contribution in [2.24, 2.45) is 5.73 Å². The maximum absolute atomic E-state index is 5.79. The molecule has 0 aliphatic carbocycles. The van der Waals surface area contributed by atoms with E-state index >= 15 is 0 Å². The van der Waals surface area contributed by atoms with Crippen molar-refractivity contribution in [1.29, 1.82) is 0 Å². The van der Waals surface area contributed by atoms with E-state index in [-0.39, 0.29) is 6.04 Å². The van der Waals surface area contributed by atoms with Crippen LogP contribution in [0.3, 0.4) is 0 Å². The third-order valence-corrected chi connectivity index (χ3v) is 2.46. The Labute approximate surface area is 94.6 Å². The monoisotopic (exact) mass is 217 g/mol. The van der Waals surface area contributed by atoms with Crippen molar-refractivity contribution < 1.29 is 4.74 Å². The van der Waals surface area contributed by atoms with Gasteiger partial charge in [-0.25, -0.2) is 4.68 Å². The maximum atomic E-state index is 5.79. The van der Waals surface area contributed by atoms with Gasteiger partial charge in [0.15, 0.2) is 0 Å². The number of nitrogens with zero attached hydrogens (tertiary/aromatic N) is 2. The zero-order chi connectivity index (χ0) is 11.5. The Bertz CT molecular complexity index is 477. The van der Waals surface area contributed by atoms with Gasteiger partial charge in [0.25, 0.3) is 0 Å². The van der Waals surface area contributed by atoms with Crippen molar-refractivity contribution in [2.45, 2.75) is 13.0 Å². The summed E-state index contributed by atoms with van der Waals surface area (Å²) in [6, 6.07) is 7.73. The highest BCUT2D eigenvalue weighted by molar-refractivity contribution is 5.46. The molecule has 2 N–H and O–H groups in total. The van der Waals surface area contributed by atoms with Gasteiger partial charge < -0.3 is 10.5 Å². The number of hydrogen-bond donors (Lipinski definition) is 1. The SMILES string of the molecule is COc1ccccc1-n1cc([C@H](C)N)cn1. The lowest BCUT2D eigenvalue weighted by Gasteiger charge is -2.07. The molecular weight excluding hydrogens is 202 g/mol. The van der Waals surface area contributed by atoms with Crippen LogP contribution in [0.5, 0.6) is 5.75 Å². The number of para-hydroxylation sites is 2. The number of aromatic nitrogens is 2. The largest absolute Gasteiger partial charge is 0.494 e. The van der Waals surface area contributed by atoms with Crippen LogP contribution in [0.1, 0.15) is 18.5 Å². The lowest BCUT2D eigenvalue weighted by Crippen LogP contribution is -2.03. The number of rotatable bonds is 3. The second kappa shape index (κ2) is 4.37. The third-order valence-electron chi connectivity index (χ3n) is 2.46. The highest BCUT2D eigenvalue weighted by Crippen LogP contribution is 2.22. The first-order chi connectivity index (χ1) is 7.72. The summed E-state index contributed by atoms with van der Waals surface area (Å²) in [6.07, 6.45) is 3.69. The van der Waals surface area contributed by atoms with E-state index in [4.69, 9.17) is 10.5 Å². The Morgan fingerprint density at radius 3 is 2.75 bits per heavy atom. The van der Waals surface area contributed by atoms with E-state index in [2.05, 4.69) is 5.10 Å². The molecule has 0 radical (unpaired) electrons. The zero-order valence-corrected chi connectivity index (χ0v) is 9.42. The molecule has 0 unspecified atom stereocenters. The molecule has 0 bridgehead atoms. The zero-order valence-electron chi connectivity index (χ0n) is 9.42. The molecule has 1 heterocycles. The molecule has 0 fully saturated rings. The molecule has 1 aromatic carbocycles. The van der Waals surface area contributed by atoms with Gasteiger partial charge in [-0.3, -0.25) is 0 Å². The average molecular weight is 217 g/mol. The van der Waals surface area contributed by atoms with Gasteiger partial charge >= 0.3 is 0 Å². The first-order valence-electron chi connectivity index (χ1n) is 5.16. The Morgan fingerprint density at radius 2 is 2.12 bits per heavy atom. The van der Waals surface area contributed by atoms with Crippen molar-refractivity contribution in [3.63, 3.8) is 0 Å². The van der Waals surface area contributed by atoms with E-state index < -0.39 is 0 Å². The molecule has 2 aromatic rings. The van der Waals surface area contributed by atoms with Crippen LogP contribution in [0.25, 0.3) is 5.69 Å². The normalized spacial score (nSPS) is 12.4. The Kier molecular flexibility index (Phi) is 2.92. The van der Waals surface area contributed by atoms with Gasteiger partial charge in [0.1, 0.15) is 11.4 Å². The summed E-state index contributed by atoms with van der Waals surface area (Å²) in [6.45, 7) is 1.93. The Balaban J connectivity index is 2.42. The van der Waals surface area contributed by atoms with Crippen LogP contribution in [0.2, 0.25) is 0 Å². The van der Waals surface area contributed by atoms with Crippen molar-refractivity contribution in [1.82, 2.24) is 9.78 Å². The van der Waals surface area contributed by atoms with Crippen molar-refractivity contribution in [2.75, 3.05) is 7.11 Å². The third kappa shape index (κ3) is 1.92. The van der Waals surface area contributed by atoms with E-state index in [1.807, 2.05) is 37.4 Å². The minimum absolute atomic E-state index is 0.0107. The van der Waals surface area contributed by atoms with E-state index in [1.165, 1.54) is 0 Å². The molecule has 4 nitrogen and oxygen atoms in total. The molecular formula is C12H15N3O. The molecule has 0 aliphatic rings. The molecule has 1 atom stereocenters. The van der Waals surface area contributed by atoms with Gasteiger partial charge in [-0.1, -0.05) is 12.1 Å². The summed E-state index contributed by atoms with van der Waals surface area (Å²) in [5.41, 5.74) is 7.71. The Hall–Kier alpha value is -1.81. The quantitative estimate of drug-likeness (QED) is 0.854. The van der Waals surface area contributed by atoms with Crippen LogP contribution in [0, 0.1) is 0 Å². The predicted molar refractivity (Wildman–Crippen MR) is 62.7 cm³/mol. The molecule has 84 valence electrons. The van der Waals surface area contributed by atoms with Gasteiger partial charge in [0, 0.05) is 17.8 Å².